The summed E-state index contributed by atoms with van der Waals surface area (Å²) in [7, 11) is 1.75. The maximum absolute atomic E-state index is 11.8. The van der Waals surface area contributed by atoms with E-state index in [2.05, 4.69) is 5.32 Å². The molecule has 1 aliphatic rings. The van der Waals surface area contributed by atoms with Crippen LogP contribution in [0.1, 0.15) is 4.88 Å². The summed E-state index contributed by atoms with van der Waals surface area (Å²) in [5, 5.41) is 13.9. The summed E-state index contributed by atoms with van der Waals surface area (Å²) >= 11 is 1.59. The van der Waals surface area contributed by atoms with E-state index in [9.17, 15) is 9.59 Å². The second-order valence-electron chi connectivity index (χ2n) is 4.82. The molecule has 1 saturated heterocycles. The maximum Gasteiger partial charge on any atom is 0.310 e. The predicted octanol–water partition coefficient (Wildman–Crippen LogP) is 0.396. The van der Waals surface area contributed by atoms with E-state index >= 15 is 0 Å². The van der Waals surface area contributed by atoms with Crippen molar-refractivity contribution in [1.82, 2.24) is 10.2 Å². The summed E-state index contributed by atoms with van der Waals surface area (Å²) in [6.45, 7) is 1.24. The van der Waals surface area contributed by atoms with E-state index in [1.54, 1.807) is 23.3 Å². The lowest BCUT2D eigenvalue weighted by Gasteiger charge is -2.25. The minimum atomic E-state index is -0.877. The second kappa shape index (κ2) is 6.83. The van der Waals surface area contributed by atoms with Gasteiger partial charge in [-0.05, 0) is 18.5 Å². The molecule has 110 valence electrons. The molecule has 0 aromatic carbocycles. The van der Waals surface area contributed by atoms with E-state index in [4.69, 9.17) is 9.84 Å². The molecule has 2 rings (SSSR count). The number of carbonyl (C=O) groups excluding carboxylic acids is 1. The predicted molar refractivity (Wildman–Crippen MR) is 74.5 cm³/mol. The number of rotatable bonds is 6. The van der Waals surface area contributed by atoms with Crippen molar-refractivity contribution in [3.05, 3.63) is 22.4 Å². The molecule has 20 heavy (non-hydrogen) atoms. The van der Waals surface area contributed by atoms with E-state index in [1.807, 2.05) is 17.5 Å². The second-order valence-corrected chi connectivity index (χ2v) is 5.85. The summed E-state index contributed by atoms with van der Waals surface area (Å²) in [5.41, 5.74) is 0. The zero-order chi connectivity index (χ0) is 14.5. The van der Waals surface area contributed by atoms with Crippen LogP contribution in [0.15, 0.2) is 17.5 Å². The molecule has 1 aliphatic heterocycles. The molecule has 0 radical (unpaired) electrons. The molecular weight excluding hydrogens is 280 g/mol. The number of nitrogens with one attached hydrogen (secondary N) is 1. The van der Waals surface area contributed by atoms with Crippen molar-refractivity contribution in [3.63, 3.8) is 0 Å². The van der Waals surface area contributed by atoms with Crippen LogP contribution in [0.4, 0.5) is 0 Å². The number of hydrogen-bond donors (Lipinski definition) is 2. The Labute approximate surface area is 121 Å². The van der Waals surface area contributed by atoms with Gasteiger partial charge < -0.3 is 15.2 Å². The van der Waals surface area contributed by atoms with E-state index in [0.29, 0.717) is 13.2 Å². The summed E-state index contributed by atoms with van der Waals surface area (Å²) in [5.74, 6) is -1.56. The van der Waals surface area contributed by atoms with Gasteiger partial charge >= 0.3 is 5.97 Å². The monoisotopic (exact) mass is 298 g/mol. The third-order valence-electron chi connectivity index (χ3n) is 3.37. The number of nitrogens with zero attached hydrogens (tertiary/aromatic N) is 1. The van der Waals surface area contributed by atoms with Gasteiger partial charge in [-0.25, -0.2) is 0 Å². The van der Waals surface area contributed by atoms with Crippen molar-refractivity contribution in [2.24, 2.45) is 5.92 Å². The number of aliphatic carboxylic acids is 1. The van der Waals surface area contributed by atoms with Gasteiger partial charge in [-0.2, -0.15) is 0 Å². The minimum absolute atomic E-state index is 0.114. The number of amides is 1. The highest BCUT2D eigenvalue weighted by Crippen LogP contribution is 2.18. The highest BCUT2D eigenvalue weighted by molar-refractivity contribution is 7.09. The number of ether oxygens (including phenoxy) is 1. The van der Waals surface area contributed by atoms with Gasteiger partial charge in [0, 0.05) is 10.9 Å². The van der Waals surface area contributed by atoms with Crippen LogP contribution in [0.25, 0.3) is 0 Å². The van der Waals surface area contributed by atoms with Crippen LogP contribution in [0.3, 0.4) is 0 Å². The molecule has 1 fully saturated rings. The Hall–Kier alpha value is -1.44. The first kappa shape index (κ1) is 15.0. The lowest BCUT2D eigenvalue weighted by molar-refractivity contribution is -0.143. The number of thiophene rings is 1. The van der Waals surface area contributed by atoms with Crippen molar-refractivity contribution in [3.8, 4) is 0 Å². The van der Waals surface area contributed by atoms with Crippen LogP contribution in [0.5, 0.6) is 0 Å². The first-order chi connectivity index (χ1) is 9.58. The third kappa shape index (κ3) is 3.78. The van der Waals surface area contributed by atoms with Crippen LogP contribution >= 0.6 is 11.3 Å². The van der Waals surface area contributed by atoms with Crippen molar-refractivity contribution in [2.75, 3.05) is 26.8 Å². The van der Waals surface area contributed by atoms with Gasteiger partial charge in [0.25, 0.3) is 0 Å². The zero-order valence-electron chi connectivity index (χ0n) is 11.2. The molecule has 1 aromatic rings. The Kier molecular flexibility index (Phi) is 5.11. The topological polar surface area (TPSA) is 78.9 Å². The van der Waals surface area contributed by atoms with Crippen molar-refractivity contribution in [1.29, 1.82) is 0 Å². The van der Waals surface area contributed by atoms with Crippen LogP contribution < -0.4 is 5.32 Å². The normalized spacial score (nSPS) is 22.1. The summed E-state index contributed by atoms with van der Waals surface area (Å²) in [6, 6.07) is 3.64. The fourth-order valence-electron chi connectivity index (χ4n) is 2.21. The van der Waals surface area contributed by atoms with Crippen LogP contribution in [-0.2, 0) is 20.9 Å². The lowest BCUT2D eigenvalue weighted by Crippen LogP contribution is -2.45. The number of likely N-dealkylation sites (N-methyl/N-ethyl adjacent to an activating group) is 1. The first-order valence-electron chi connectivity index (χ1n) is 6.38. The minimum Gasteiger partial charge on any atom is -0.481 e. The Morgan fingerprint density at radius 3 is 3.00 bits per heavy atom. The van der Waals surface area contributed by atoms with E-state index in [1.165, 1.54) is 0 Å². The molecule has 2 unspecified atom stereocenters. The smallest absolute Gasteiger partial charge is 0.310 e. The van der Waals surface area contributed by atoms with Crippen LogP contribution in [0, 0.1) is 5.92 Å². The van der Waals surface area contributed by atoms with Crippen molar-refractivity contribution < 1.29 is 19.4 Å². The Balaban J connectivity index is 1.79. The highest BCUT2D eigenvalue weighted by Gasteiger charge is 2.37. The molecule has 6 nitrogen and oxygen atoms in total. The summed E-state index contributed by atoms with van der Waals surface area (Å²) in [4.78, 5) is 25.8. The molecule has 0 bridgehead atoms. The third-order valence-corrected chi connectivity index (χ3v) is 4.24. The fraction of sp³-hybridized carbons (Fsp3) is 0.538. The molecule has 7 heteroatoms. The van der Waals surface area contributed by atoms with Gasteiger partial charge in [-0.3, -0.25) is 14.5 Å². The molecule has 1 amide bonds. The molecule has 0 spiro atoms. The number of carboxylic acids is 1. The van der Waals surface area contributed by atoms with E-state index in [-0.39, 0.29) is 25.1 Å². The first-order valence-corrected chi connectivity index (χ1v) is 7.25. The van der Waals surface area contributed by atoms with Gasteiger partial charge in [0.1, 0.15) is 0 Å². The van der Waals surface area contributed by atoms with Crippen molar-refractivity contribution in [2.45, 2.75) is 12.6 Å². The average molecular weight is 298 g/mol. The van der Waals surface area contributed by atoms with Gasteiger partial charge in [0.15, 0.2) is 0 Å². The quantitative estimate of drug-likeness (QED) is 0.794. The molecular formula is C13H18N2O4S. The maximum atomic E-state index is 11.8. The fourth-order valence-corrected chi connectivity index (χ4v) is 2.86. The Morgan fingerprint density at radius 1 is 1.55 bits per heavy atom. The SMILES string of the molecule is CN(CC(=O)NCc1cccs1)C1COCC1C(=O)O. The van der Waals surface area contributed by atoms with Gasteiger partial charge in [-0.15, -0.1) is 11.3 Å². The van der Waals surface area contributed by atoms with Gasteiger partial charge in [0.05, 0.1) is 32.2 Å². The molecule has 2 atom stereocenters. The zero-order valence-corrected chi connectivity index (χ0v) is 12.1. The summed E-state index contributed by atoms with van der Waals surface area (Å²) < 4.78 is 5.20. The van der Waals surface area contributed by atoms with E-state index in [0.717, 1.165) is 4.88 Å². The van der Waals surface area contributed by atoms with Gasteiger partial charge in [-0.1, -0.05) is 6.07 Å². The molecule has 2 heterocycles. The van der Waals surface area contributed by atoms with Crippen LogP contribution in [0.2, 0.25) is 0 Å². The Bertz CT molecular complexity index is 463. The molecule has 1 aromatic heterocycles. The largest absolute Gasteiger partial charge is 0.481 e. The van der Waals surface area contributed by atoms with Crippen molar-refractivity contribution >= 4 is 23.2 Å². The molecule has 2 N–H and O–H groups in total. The van der Waals surface area contributed by atoms with Crippen LogP contribution in [-0.4, -0.2) is 54.7 Å². The average Bonchev–Trinajstić information content (AvgIpc) is 3.07. The number of carboxylic acid groups (broad SMARTS) is 1. The number of carbonyl (C=O) groups is 2. The standard InChI is InChI=1S/C13H18N2O4S/c1-15(11-8-19-7-10(11)13(17)18)6-12(16)14-5-9-3-2-4-20-9/h2-4,10-11H,5-8H2,1H3,(H,14,16)(H,17,18). The summed E-state index contributed by atoms with van der Waals surface area (Å²) in [6.07, 6.45) is 0. The lowest BCUT2D eigenvalue weighted by atomic mass is 10.0. The van der Waals surface area contributed by atoms with Gasteiger partial charge in [0.2, 0.25) is 5.91 Å². The number of hydrogen-bond acceptors (Lipinski definition) is 5. The van der Waals surface area contributed by atoms with E-state index < -0.39 is 11.9 Å². The molecule has 0 aliphatic carbocycles. The molecule has 0 saturated carbocycles. The Morgan fingerprint density at radius 2 is 2.35 bits per heavy atom. The highest BCUT2D eigenvalue weighted by atomic mass is 32.1.